The van der Waals surface area contributed by atoms with Crippen LogP contribution in [0.25, 0.3) is 11.3 Å². The quantitative estimate of drug-likeness (QED) is 0.555. The molecule has 0 saturated heterocycles. The van der Waals surface area contributed by atoms with Gasteiger partial charge in [-0.15, -0.1) is 0 Å². The number of methoxy groups -OCH3 is 1. The summed E-state index contributed by atoms with van der Waals surface area (Å²) in [4.78, 5) is 12.4. The van der Waals surface area contributed by atoms with Crippen molar-refractivity contribution in [2.24, 2.45) is 7.05 Å². The van der Waals surface area contributed by atoms with Crippen LogP contribution in [0.5, 0.6) is 5.75 Å². The van der Waals surface area contributed by atoms with Gasteiger partial charge in [0.2, 0.25) is 0 Å². The van der Waals surface area contributed by atoms with Gasteiger partial charge in [0.05, 0.1) is 34.2 Å². The summed E-state index contributed by atoms with van der Waals surface area (Å²) in [6.45, 7) is 1.93. The average molecular weight is 450 g/mol. The lowest BCUT2D eigenvalue weighted by molar-refractivity contribution is 0.262. The van der Waals surface area contributed by atoms with Crippen LogP contribution in [-0.4, -0.2) is 22.9 Å². The first-order valence-corrected chi connectivity index (χ1v) is 9.25. The second-order valence-electron chi connectivity index (χ2n) is 5.98. The minimum atomic E-state index is -0.399. The van der Waals surface area contributed by atoms with E-state index in [1.165, 1.54) is 0 Å². The van der Waals surface area contributed by atoms with Crippen molar-refractivity contribution in [2.45, 2.75) is 6.92 Å². The second-order valence-corrected chi connectivity index (χ2v) is 7.24. The fourth-order valence-electron chi connectivity index (χ4n) is 2.67. The van der Waals surface area contributed by atoms with Crippen molar-refractivity contribution in [1.82, 2.24) is 9.78 Å². The molecule has 0 fully saturated rings. The van der Waals surface area contributed by atoms with E-state index in [0.717, 1.165) is 21.3 Å². The van der Waals surface area contributed by atoms with E-state index >= 15 is 0 Å². The predicted octanol–water partition coefficient (Wildman–Crippen LogP) is 5.46. The molecule has 2 N–H and O–H groups in total. The summed E-state index contributed by atoms with van der Waals surface area (Å²) in [6, 6.07) is 10.5. The van der Waals surface area contributed by atoms with Crippen LogP contribution in [0.15, 0.2) is 47.1 Å². The lowest BCUT2D eigenvalue weighted by Crippen LogP contribution is -2.19. The number of nitrogens with one attached hydrogen (secondary N) is 2. The topological polar surface area (TPSA) is 68.2 Å². The first-order valence-electron chi connectivity index (χ1n) is 8.08. The number of nitrogens with zero attached hydrogens (tertiary/aromatic N) is 2. The molecule has 0 bridgehead atoms. The second kappa shape index (κ2) is 8.02. The highest BCUT2D eigenvalue weighted by molar-refractivity contribution is 9.10. The number of aromatic nitrogens is 2. The zero-order valence-corrected chi connectivity index (χ0v) is 17.4. The number of carbonyl (C=O) groups is 1. The number of rotatable bonds is 4. The van der Waals surface area contributed by atoms with Crippen molar-refractivity contribution >= 4 is 44.9 Å². The molecule has 3 aromatic rings. The number of amides is 2. The molecule has 0 saturated carbocycles. The molecule has 6 nitrogen and oxygen atoms in total. The zero-order chi connectivity index (χ0) is 19.6. The Morgan fingerprint density at radius 2 is 2.00 bits per heavy atom. The number of urea groups is 1. The molecule has 0 aliphatic carbocycles. The SMILES string of the molecule is COc1cc(NC(=O)Nc2ccc(C)cc2Cl)cc(-c2c(Br)cnn2C)c1. The van der Waals surface area contributed by atoms with Crippen molar-refractivity contribution in [3.8, 4) is 17.0 Å². The van der Waals surface area contributed by atoms with E-state index in [0.29, 0.717) is 22.1 Å². The Morgan fingerprint density at radius 1 is 1.22 bits per heavy atom. The minimum Gasteiger partial charge on any atom is -0.497 e. The van der Waals surface area contributed by atoms with Gasteiger partial charge in [-0.25, -0.2) is 4.79 Å². The maximum atomic E-state index is 12.4. The Labute approximate surface area is 170 Å². The summed E-state index contributed by atoms with van der Waals surface area (Å²) < 4.78 is 7.96. The lowest BCUT2D eigenvalue weighted by Gasteiger charge is -2.13. The molecule has 8 heteroatoms. The Morgan fingerprint density at radius 3 is 2.63 bits per heavy atom. The molecular weight excluding hydrogens is 432 g/mol. The number of carbonyl (C=O) groups excluding carboxylic acids is 1. The van der Waals surface area contributed by atoms with Crippen LogP contribution in [0.1, 0.15) is 5.56 Å². The van der Waals surface area contributed by atoms with Gasteiger partial charge >= 0.3 is 6.03 Å². The smallest absolute Gasteiger partial charge is 0.323 e. The van der Waals surface area contributed by atoms with Crippen molar-refractivity contribution in [3.63, 3.8) is 0 Å². The van der Waals surface area contributed by atoms with Gasteiger partial charge < -0.3 is 15.4 Å². The third kappa shape index (κ3) is 4.43. The monoisotopic (exact) mass is 448 g/mol. The molecule has 0 unspecified atom stereocenters. The molecule has 140 valence electrons. The first-order chi connectivity index (χ1) is 12.9. The molecule has 1 heterocycles. The molecular formula is C19H18BrClN4O2. The van der Waals surface area contributed by atoms with Crippen molar-refractivity contribution < 1.29 is 9.53 Å². The number of ether oxygens (including phenoxy) is 1. The molecule has 0 radical (unpaired) electrons. The van der Waals surface area contributed by atoms with Gasteiger partial charge in [-0.05, 0) is 52.7 Å². The summed E-state index contributed by atoms with van der Waals surface area (Å²) in [6.07, 6.45) is 1.72. The summed E-state index contributed by atoms with van der Waals surface area (Å²) in [7, 11) is 3.42. The van der Waals surface area contributed by atoms with Gasteiger partial charge in [-0.2, -0.15) is 5.10 Å². The van der Waals surface area contributed by atoms with Crippen LogP contribution in [0, 0.1) is 6.92 Å². The number of hydrogen-bond donors (Lipinski definition) is 2. The number of halogens is 2. The lowest BCUT2D eigenvalue weighted by atomic mass is 10.1. The third-order valence-electron chi connectivity index (χ3n) is 3.94. The fraction of sp³-hybridized carbons (Fsp3) is 0.158. The molecule has 0 atom stereocenters. The highest BCUT2D eigenvalue weighted by atomic mass is 79.9. The largest absolute Gasteiger partial charge is 0.497 e. The van der Waals surface area contributed by atoms with Crippen molar-refractivity contribution in [1.29, 1.82) is 0 Å². The zero-order valence-electron chi connectivity index (χ0n) is 15.0. The molecule has 0 spiro atoms. The van der Waals surface area contributed by atoms with E-state index in [4.69, 9.17) is 16.3 Å². The maximum Gasteiger partial charge on any atom is 0.323 e. The maximum absolute atomic E-state index is 12.4. The highest BCUT2D eigenvalue weighted by Crippen LogP contribution is 2.33. The van der Waals surface area contributed by atoms with Gasteiger partial charge in [0, 0.05) is 24.4 Å². The normalized spacial score (nSPS) is 10.6. The minimum absolute atomic E-state index is 0.399. The van der Waals surface area contributed by atoms with Gasteiger partial charge in [-0.1, -0.05) is 17.7 Å². The van der Waals surface area contributed by atoms with Crippen LogP contribution in [0.4, 0.5) is 16.2 Å². The van der Waals surface area contributed by atoms with Crippen LogP contribution >= 0.6 is 27.5 Å². The van der Waals surface area contributed by atoms with E-state index < -0.39 is 6.03 Å². The van der Waals surface area contributed by atoms with Crippen LogP contribution in [0.3, 0.4) is 0 Å². The van der Waals surface area contributed by atoms with Crippen LogP contribution in [-0.2, 0) is 7.05 Å². The molecule has 0 aliphatic heterocycles. The molecule has 3 rings (SSSR count). The van der Waals surface area contributed by atoms with E-state index in [-0.39, 0.29) is 0 Å². The Bertz CT molecular complexity index is 984. The fourth-order valence-corrected chi connectivity index (χ4v) is 3.53. The van der Waals surface area contributed by atoms with Crippen LogP contribution in [0.2, 0.25) is 5.02 Å². The Kier molecular flexibility index (Phi) is 5.72. The van der Waals surface area contributed by atoms with Crippen LogP contribution < -0.4 is 15.4 Å². The molecule has 2 amide bonds. The van der Waals surface area contributed by atoms with Crippen molar-refractivity contribution in [2.75, 3.05) is 17.7 Å². The van der Waals surface area contributed by atoms with Crippen molar-refractivity contribution in [3.05, 3.63) is 57.7 Å². The number of anilines is 2. The van der Waals surface area contributed by atoms with Gasteiger partial charge in [0.25, 0.3) is 0 Å². The van der Waals surface area contributed by atoms with E-state index in [2.05, 4.69) is 31.7 Å². The molecule has 1 aromatic heterocycles. The molecule has 27 heavy (non-hydrogen) atoms. The first kappa shape index (κ1) is 19.3. The summed E-state index contributed by atoms with van der Waals surface area (Å²) in [5.74, 6) is 0.615. The van der Waals surface area contributed by atoms with E-state index in [9.17, 15) is 4.79 Å². The predicted molar refractivity (Wildman–Crippen MR) is 112 cm³/mol. The summed E-state index contributed by atoms with van der Waals surface area (Å²) in [5.41, 5.74) is 3.87. The molecule has 2 aromatic carbocycles. The Hall–Kier alpha value is -2.51. The van der Waals surface area contributed by atoms with Gasteiger partial charge in [-0.3, -0.25) is 4.68 Å². The number of benzene rings is 2. The summed E-state index contributed by atoms with van der Waals surface area (Å²) in [5, 5.41) is 10.3. The Balaban J connectivity index is 1.86. The average Bonchev–Trinajstić information content (AvgIpc) is 2.95. The molecule has 0 aliphatic rings. The summed E-state index contributed by atoms with van der Waals surface area (Å²) >= 11 is 9.67. The van der Waals surface area contributed by atoms with Gasteiger partial charge in [0.15, 0.2) is 0 Å². The highest BCUT2D eigenvalue weighted by Gasteiger charge is 2.13. The third-order valence-corrected chi connectivity index (χ3v) is 4.83. The van der Waals surface area contributed by atoms with Gasteiger partial charge in [0.1, 0.15) is 5.75 Å². The van der Waals surface area contributed by atoms with E-state index in [1.54, 1.807) is 36.2 Å². The number of aryl methyl sites for hydroxylation is 2. The standard InChI is InChI=1S/C19H18BrClN4O2/c1-11-4-5-17(16(21)6-11)24-19(26)23-13-7-12(8-14(9-13)27-3)18-15(20)10-22-25(18)2/h4-10H,1-3H3,(H2,23,24,26). The number of hydrogen-bond acceptors (Lipinski definition) is 3. The van der Waals surface area contributed by atoms with E-state index in [1.807, 2.05) is 32.2 Å².